The fourth-order valence-corrected chi connectivity index (χ4v) is 6.49. The Hall–Kier alpha value is -4.73. The molecule has 0 spiro atoms. The SMILES string of the molecule is O=C(OC1[C@@H](Sc2ccccc2)OC(COCc2ccccc2)[C@@H](OC(=O)c2ccccc2)[C@H]1OCc1ccccc1)c1ccccc1. The first kappa shape index (κ1) is 33.2. The number of hydrogen-bond donors (Lipinski definition) is 0. The highest BCUT2D eigenvalue weighted by Gasteiger charge is 2.51. The van der Waals surface area contributed by atoms with Crippen LogP contribution in [0.2, 0.25) is 0 Å². The molecular formula is C40H36O7S. The van der Waals surface area contributed by atoms with E-state index in [0.29, 0.717) is 17.7 Å². The molecule has 0 N–H and O–H groups in total. The lowest BCUT2D eigenvalue weighted by Crippen LogP contribution is -2.61. The summed E-state index contributed by atoms with van der Waals surface area (Å²) in [6.45, 7) is 0.612. The quantitative estimate of drug-likeness (QED) is 0.119. The molecule has 5 aromatic rings. The summed E-state index contributed by atoms with van der Waals surface area (Å²) in [5.74, 6) is -1.09. The third-order valence-electron chi connectivity index (χ3n) is 7.77. The van der Waals surface area contributed by atoms with Crippen molar-refractivity contribution < 1.29 is 33.3 Å². The van der Waals surface area contributed by atoms with Crippen LogP contribution in [0.1, 0.15) is 31.8 Å². The highest BCUT2D eigenvalue weighted by molar-refractivity contribution is 7.99. The smallest absolute Gasteiger partial charge is 0.338 e. The average molecular weight is 661 g/mol. The number of carbonyl (C=O) groups excluding carboxylic acids is 2. The molecule has 0 bridgehead atoms. The fraction of sp³-hybridized carbons (Fsp3) is 0.200. The van der Waals surface area contributed by atoms with Crippen LogP contribution in [0.15, 0.2) is 157 Å². The zero-order valence-corrected chi connectivity index (χ0v) is 27.0. The van der Waals surface area contributed by atoms with Gasteiger partial charge >= 0.3 is 11.9 Å². The Morgan fingerprint density at radius 3 is 1.54 bits per heavy atom. The third-order valence-corrected chi connectivity index (χ3v) is 8.93. The summed E-state index contributed by atoms with van der Waals surface area (Å²) in [5.41, 5.74) is 1.94. The maximum Gasteiger partial charge on any atom is 0.338 e. The van der Waals surface area contributed by atoms with Crippen LogP contribution >= 0.6 is 11.8 Å². The van der Waals surface area contributed by atoms with E-state index in [1.165, 1.54) is 11.8 Å². The summed E-state index contributed by atoms with van der Waals surface area (Å²) in [6, 6.07) is 46.7. The van der Waals surface area contributed by atoms with E-state index >= 15 is 0 Å². The van der Waals surface area contributed by atoms with Crippen LogP contribution in [0.5, 0.6) is 0 Å². The van der Waals surface area contributed by atoms with Gasteiger partial charge in [-0.3, -0.25) is 0 Å². The summed E-state index contributed by atoms with van der Waals surface area (Å²) < 4.78 is 32.0. The second-order valence-corrected chi connectivity index (χ2v) is 12.4. The van der Waals surface area contributed by atoms with Crippen molar-refractivity contribution >= 4 is 23.7 Å². The Balaban J connectivity index is 1.36. The topological polar surface area (TPSA) is 80.3 Å². The minimum absolute atomic E-state index is 0.0953. The van der Waals surface area contributed by atoms with E-state index in [1.807, 2.05) is 103 Å². The van der Waals surface area contributed by atoms with Gasteiger partial charge in [-0.15, -0.1) is 0 Å². The van der Waals surface area contributed by atoms with E-state index < -0.39 is 41.8 Å². The molecular weight excluding hydrogens is 625 g/mol. The van der Waals surface area contributed by atoms with Gasteiger partial charge in [0.15, 0.2) is 12.2 Å². The van der Waals surface area contributed by atoms with Crippen LogP contribution in [0.3, 0.4) is 0 Å². The molecule has 2 unspecified atom stereocenters. The Morgan fingerprint density at radius 1 is 0.542 bits per heavy atom. The normalized spacial score (nSPS) is 20.5. The number of benzene rings is 5. The summed E-state index contributed by atoms with van der Waals surface area (Å²) >= 11 is 1.41. The second-order valence-electron chi connectivity index (χ2n) is 11.2. The van der Waals surface area contributed by atoms with Crippen LogP contribution in [-0.2, 0) is 36.9 Å². The molecule has 5 atom stereocenters. The molecule has 48 heavy (non-hydrogen) atoms. The van der Waals surface area contributed by atoms with Crippen LogP contribution in [0.4, 0.5) is 0 Å². The summed E-state index contributed by atoms with van der Waals surface area (Å²) in [4.78, 5) is 28.1. The second kappa shape index (κ2) is 16.9. The predicted molar refractivity (Wildman–Crippen MR) is 183 cm³/mol. The number of rotatable bonds is 13. The molecule has 0 radical (unpaired) electrons. The molecule has 1 aliphatic heterocycles. The number of hydrogen-bond acceptors (Lipinski definition) is 8. The van der Waals surface area contributed by atoms with Gasteiger partial charge < -0.3 is 23.7 Å². The highest BCUT2D eigenvalue weighted by atomic mass is 32.2. The summed E-state index contributed by atoms with van der Waals surface area (Å²) in [6.07, 6.45) is -3.62. The minimum Gasteiger partial charge on any atom is -0.453 e. The third kappa shape index (κ3) is 8.99. The summed E-state index contributed by atoms with van der Waals surface area (Å²) in [7, 11) is 0. The van der Waals surface area contributed by atoms with Crippen LogP contribution < -0.4 is 0 Å². The van der Waals surface area contributed by atoms with Crippen molar-refractivity contribution in [1.82, 2.24) is 0 Å². The zero-order chi connectivity index (χ0) is 33.0. The zero-order valence-electron chi connectivity index (χ0n) is 26.2. The van der Waals surface area contributed by atoms with E-state index in [-0.39, 0.29) is 13.2 Å². The van der Waals surface area contributed by atoms with Gasteiger partial charge in [0.25, 0.3) is 0 Å². The monoisotopic (exact) mass is 660 g/mol. The van der Waals surface area contributed by atoms with Crippen molar-refractivity contribution in [3.05, 3.63) is 174 Å². The van der Waals surface area contributed by atoms with Gasteiger partial charge in [-0.25, -0.2) is 9.59 Å². The van der Waals surface area contributed by atoms with E-state index in [4.69, 9.17) is 23.7 Å². The van der Waals surface area contributed by atoms with Crippen molar-refractivity contribution in [3.63, 3.8) is 0 Å². The first-order valence-corrected chi connectivity index (χ1v) is 16.7. The lowest BCUT2D eigenvalue weighted by atomic mass is 9.98. The van der Waals surface area contributed by atoms with E-state index in [0.717, 1.165) is 16.0 Å². The van der Waals surface area contributed by atoms with E-state index in [2.05, 4.69) is 0 Å². The van der Waals surface area contributed by atoms with E-state index in [9.17, 15) is 9.59 Å². The minimum atomic E-state index is -0.988. The molecule has 244 valence electrons. The Bertz CT molecular complexity index is 1710. The van der Waals surface area contributed by atoms with Gasteiger partial charge in [-0.05, 0) is 47.5 Å². The number of esters is 2. The first-order valence-electron chi connectivity index (χ1n) is 15.8. The molecule has 0 saturated carbocycles. The van der Waals surface area contributed by atoms with Gasteiger partial charge in [0.1, 0.15) is 17.6 Å². The first-order chi connectivity index (χ1) is 23.6. The Kier molecular flexibility index (Phi) is 11.7. The van der Waals surface area contributed by atoms with Gasteiger partial charge in [0.2, 0.25) is 0 Å². The lowest BCUT2D eigenvalue weighted by Gasteiger charge is -2.45. The molecule has 0 amide bonds. The van der Waals surface area contributed by atoms with Gasteiger partial charge in [0, 0.05) is 4.90 Å². The van der Waals surface area contributed by atoms with Crippen molar-refractivity contribution in [2.75, 3.05) is 6.61 Å². The van der Waals surface area contributed by atoms with E-state index in [1.54, 1.807) is 48.5 Å². The maximum atomic E-state index is 13.6. The van der Waals surface area contributed by atoms with Crippen LogP contribution in [0.25, 0.3) is 0 Å². The average Bonchev–Trinajstić information content (AvgIpc) is 3.14. The molecule has 1 aliphatic rings. The molecule has 0 aliphatic carbocycles. The van der Waals surface area contributed by atoms with Gasteiger partial charge in [0.05, 0.1) is 30.9 Å². The lowest BCUT2D eigenvalue weighted by molar-refractivity contribution is -0.227. The van der Waals surface area contributed by atoms with Crippen molar-refractivity contribution in [2.24, 2.45) is 0 Å². The summed E-state index contributed by atoms with van der Waals surface area (Å²) in [5, 5.41) is 0. The van der Waals surface area contributed by atoms with Crippen molar-refractivity contribution in [2.45, 2.75) is 48.0 Å². The standard InChI is InChI=1S/C40H36O7S/c41-38(31-20-10-3-11-21-31)46-35-34(28-43-26-29-16-6-1-7-17-29)45-40(48-33-24-14-5-15-25-33)37(47-39(42)32-22-12-4-13-23-32)36(35)44-27-30-18-8-2-9-19-30/h1-25,34-37,40H,26-28H2/t34?,35-,36-,37?,40-/m1/s1. The molecule has 1 fully saturated rings. The number of carbonyl (C=O) groups is 2. The Labute approximate surface area is 284 Å². The van der Waals surface area contributed by atoms with Crippen LogP contribution in [-0.4, -0.2) is 48.4 Å². The molecule has 5 aromatic carbocycles. The fourth-order valence-electron chi connectivity index (χ4n) is 5.36. The van der Waals surface area contributed by atoms with Crippen molar-refractivity contribution in [1.29, 1.82) is 0 Å². The number of ether oxygens (including phenoxy) is 5. The largest absolute Gasteiger partial charge is 0.453 e. The van der Waals surface area contributed by atoms with Gasteiger partial charge in [-0.2, -0.15) is 0 Å². The molecule has 7 nitrogen and oxygen atoms in total. The molecule has 8 heteroatoms. The molecule has 1 saturated heterocycles. The molecule has 0 aromatic heterocycles. The predicted octanol–water partition coefficient (Wildman–Crippen LogP) is 7.76. The van der Waals surface area contributed by atoms with Crippen molar-refractivity contribution in [3.8, 4) is 0 Å². The highest BCUT2D eigenvalue weighted by Crippen LogP contribution is 2.38. The Morgan fingerprint density at radius 2 is 1.00 bits per heavy atom. The van der Waals surface area contributed by atoms with Gasteiger partial charge in [-0.1, -0.05) is 127 Å². The molecule has 6 rings (SSSR count). The number of thioether (sulfide) groups is 1. The maximum absolute atomic E-state index is 13.6. The molecule has 1 heterocycles. The van der Waals surface area contributed by atoms with Crippen LogP contribution in [0, 0.1) is 0 Å².